The molecule has 3 aromatic rings. The second kappa shape index (κ2) is 4.00. The summed E-state index contributed by atoms with van der Waals surface area (Å²) < 4.78 is 1.06. The fourth-order valence-electron chi connectivity index (χ4n) is 2.04. The topological polar surface area (TPSA) is 28.7 Å². The molecule has 3 heteroatoms. The van der Waals surface area contributed by atoms with Gasteiger partial charge in [0.1, 0.15) is 5.69 Å². The normalized spacial score (nSPS) is 10.9. The van der Waals surface area contributed by atoms with E-state index in [2.05, 4.69) is 51.3 Å². The van der Waals surface area contributed by atoms with Crippen LogP contribution in [-0.4, -0.2) is 10.2 Å². The fraction of sp³-hybridized carbons (Fsp3) is 0.0714. The average molecular weight is 287 g/mol. The highest BCUT2D eigenvalue weighted by Crippen LogP contribution is 2.29. The quantitative estimate of drug-likeness (QED) is 0.710. The molecule has 84 valence electrons. The van der Waals surface area contributed by atoms with Crippen LogP contribution in [0.25, 0.3) is 22.2 Å². The number of halogens is 1. The van der Waals surface area contributed by atoms with Crippen molar-refractivity contribution >= 4 is 26.8 Å². The number of rotatable bonds is 1. The monoisotopic (exact) mass is 286 g/mol. The van der Waals surface area contributed by atoms with Crippen LogP contribution < -0.4 is 0 Å². The van der Waals surface area contributed by atoms with Gasteiger partial charge in [-0.2, -0.15) is 5.10 Å². The molecule has 0 bridgehead atoms. The zero-order valence-electron chi connectivity index (χ0n) is 9.37. The fourth-order valence-corrected chi connectivity index (χ4v) is 2.40. The van der Waals surface area contributed by atoms with Gasteiger partial charge < -0.3 is 0 Å². The number of aryl methyl sites for hydroxylation is 1. The summed E-state index contributed by atoms with van der Waals surface area (Å²) in [4.78, 5) is 0. The number of benzene rings is 2. The number of H-pyrrole nitrogens is 1. The number of hydrogen-bond donors (Lipinski definition) is 1. The van der Waals surface area contributed by atoms with Gasteiger partial charge in [-0.1, -0.05) is 40.2 Å². The van der Waals surface area contributed by atoms with Crippen LogP contribution >= 0.6 is 15.9 Å². The third kappa shape index (κ3) is 1.76. The van der Waals surface area contributed by atoms with E-state index in [1.807, 2.05) is 24.3 Å². The van der Waals surface area contributed by atoms with Gasteiger partial charge in [0.05, 0.1) is 5.52 Å². The van der Waals surface area contributed by atoms with Gasteiger partial charge in [0.2, 0.25) is 0 Å². The van der Waals surface area contributed by atoms with Crippen LogP contribution in [0.1, 0.15) is 5.56 Å². The molecule has 17 heavy (non-hydrogen) atoms. The number of aromatic amines is 1. The van der Waals surface area contributed by atoms with E-state index in [9.17, 15) is 0 Å². The minimum atomic E-state index is 1.02. The Labute approximate surface area is 108 Å². The Morgan fingerprint density at radius 3 is 2.76 bits per heavy atom. The molecular weight excluding hydrogens is 276 g/mol. The smallest absolute Gasteiger partial charge is 0.100 e. The second-order valence-electron chi connectivity index (χ2n) is 4.08. The highest BCUT2D eigenvalue weighted by atomic mass is 79.9. The van der Waals surface area contributed by atoms with Gasteiger partial charge in [-0.15, -0.1) is 0 Å². The van der Waals surface area contributed by atoms with E-state index in [1.54, 1.807) is 0 Å². The van der Waals surface area contributed by atoms with E-state index in [-0.39, 0.29) is 0 Å². The van der Waals surface area contributed by atoms with Crippen LogP contribution in [-0.2, 0) is 0 Å². The molecule has 2 nitrogen and oxygen atoms in total. The molecular formula is C14H11BrN2. The third-order valence-electron chi connectivity index (χ3n) is 2.93. The van der Waals surface area contributed by atoms with Crippen LogP contribution in [0.4, 0.5) is 0 Å². The molecule has 2 aromatic carbocycles. The standard InChI is InChI=1S/C14H11BrN2/c1-9-4-2-3-5-11(9)14-12-7-6-10(15)8-13(12)16-17-14/h2-8H,1H3,(H,16,17). The van der Waals surface area contributed by atoms with E-state index in [1.165, 1.54) is 11.1 Å². The number of hydrogen-bond acceptors (Lipinski definition) is 1. The zero-order chi connectivity index (χ0) is 11.8. The number of fused-ring (bicyclic) bond motifs is 1. The number of nitrogens with zero attached hydrogens (tertiary/aromatic N) is 1. The van der Waals surface area contributed by atoms with Gasteiger partial charge in [0.25, 0.3) is 0 Å². The van der Waals surface area contributed by atoms with Crippen molar-refractivity contribution < 1.29 is 0 Å². The molecule has 0 spiro atoms. The average Bonchev–Trinajstić information content (AvgIpc) is 2.72. The molecule has 0 atom stereocenters. The van der Waals surface area contributed by atoms with Crippen LogP contribution in [0.3, 0.4) is 0 Å². The van der Waals surface area contributed by atoms with Crippen LogP contribution in [0.15, 0.2) is 46.9 Å². The maximum Gasteiger partial charge on any atom is 0.100 e. The van der Waals surface area contributed by atoms with E-state index in [4.69, 9.17) is 0 Å². The molecule has 1 N–H and O–H groups in total. The molecule has 0 unspecified atom stereocenters. The summed E-state index contributed by atoms with van der Waals surface area (Å²) in [5, 5.41) is 8.65. The summed E-state index contributed by atoms with van der Waals surface area (Å²) in [5.41, 5.74) is 4.49. The van der Waals surface area contributed by atoms with Crippen molar-refractivity contribution in [3.63, 3.8) is 0 Å². The summed E-state index contributed by atoms with van der Waals surface area (Å²) in [6.07, 6.45) is 0. The molecule has 0 amide bonds. The maximum atomic E-state index is 4.42. The van der Waals surface area contributed by atoms with Crippen molar-refractivity contribution in [2.24, 2.45) is 0 Å². The lowest BCUT2D eigenvalue weighted by atomic mass is 10.0. The van der Waals surface area contributed by atoms with Gasteiger partial charge in [0, 0.05) is 15.4 Å². The second-order valence-corrected chi connectivity index (χ2v) is 4.99. The summed E-state index contributed by atoms with van der Waals surface area (Å²) in [6, 6.07) is 14.5. The van der Waals surface area contributed by atoms with Gasteiger partial charge in [-0.25, -0.2) is 0 Å². The van der Waals surface area contributed by atoms with E-state index in [0.29, 0.717) is 0 Å². The summed E-state index contributed by atoms with van der Waals surface area (Å²) >= 11 is 3.46. The van der Waals surface area contributed by atoms with Gasteiger partial charge >= 0.3 is 0 Å². The molecule has 0 aliphatic rings. The van der Waals surface area contributed by atoms with Crippen LogP contribution in [0.5, 0.6) is 0 Å². The minimum Gasteiger partial charge on any atom is -0.277 e. The van der Waals surface area contributed by atoms with E-state index < -0.39 is 0 Å². The SMILES string of the molecule is Cc1ccccc1-c1n[nH]c2cc(Br)ccc12. The first-order valence-electron chi connectivity index (χ1n) is 5.45. The Bertz CT molecular complexity index is 686. The van der Waals surface area contributed by atoms with Crippen molar-refractivity contribution in [2.75, 3.05) is 0 Å². The van der Waals surface area contributed by atoms with Gasteiger partial charge in [-0.05, 0) is 30.7 Å². The Morgan fingerprint density at radius 2 is 1.94 bits per heavy atom. The van der Waals surface area contributed by atoms with E-state index >= 15 is 0 Å². The maximum absolute atomic E-state index is 4.42. The molecule has 0 fully saturated rings. The van der Waals surface area contributed by atoms with Gasteiger partial charge in [-0.3, -0.25) is 5.10 Å². The van der Waals surface area contributed by atoms with Crippen LogP contribution in [0.2, 0.25) is 0 Å². The molecule has 3 rings (SSSR count). The largest absolute Gasteiger partial charge is 0.277 e. The van der Waals surface area contributed by atoms with E-state index in [0.717, 1.165) is 21.1 Å². The highest BCUT2D eigenvalue weighted by Gasteiger charge is 2.09. The summed E-state index contributed by atoms with van der Waals surface area (Å²) in [5.74, 6) is 0. The lowest BCUT2D eigenvalue weighted by molar-refractivity contribution is 1.12. The molecule has 0 saturated heterocycles. The molecule has 0 radical (unpaired) electrons. The Balaban J connectivity index is 2.29. The summed E-state index contributed by atoms with van der Waals surface area (Å²) in [7, 11) is 0. The zero-order valence-corrected chi connectivity index (χ0v) is 11.0. The molecule has 0 aliphatic carbocycles. The van der Waals surface area contributed by atoms with Gasteiger partial charge in [0.15, 0.2) is 0 Å². The van der Waals surface area contributed by atoms with Crippen molar-refractivity contribution in [3.8, 4) is 11.3 Å². The van der Waals surface area contributed by atoms with Crippen molar-refractivity contribution in [3.05, 3.63) is 52.5 Å². The first-order valence-corrected chi connectivity index (χ1v) is 6.24. The predicted octanol–water partition coefficient (Wildman–Crippen LogP) is 4.30. The molecule has 1 aromatic heterocycles. The first-order chi connectivity index (χ1) is 8.25. The number of aromatic nitrogens is 2. The lowest BCUT2D eigenvalue weighted by Crippen LogP contribution is -1.83. The lowest BCUT2D eigenvalue weighted by Gasteiger charge is -2.02. The molecule has 0 aliphatic heterocycles. The van der Waals surface area contributed by atoms with Crippen molar-refractivity contribution in [1.82, 2.24) is 10.2 Å². The van der Waals surface area contributed by atoms with Crippen molar-refractivity contribution in [2.45, 2.75) is 6.92 Å². The molecule has 0 saturated carbocycles. The Morgan fingerprint density at radius 1 is 1.12 bits per heavy atom. The molecule has 1 heterocycles. The highest BCUT2D eigenvalue weighted by molar-refractivity contribution is 9.10. The third-order valence-corrected chi connectivity index (χ3v) is 3.42. The number of nitrogens with one attached hydrogen (secondary N) is 1. The minimum absolute atomic E-state index is 1.02. The van der Waals surface area contributed by atoms with Crippen molar-refractivity contribution in [1.29, 1.82) is 0 Å². The Kier molecular flexibility index (Phi) is 2.48. The predicted molar refractivity (Wildman–Crippen MR) is 74.0 cm³/mol. The Hall–Kier alpha value is -1.61. The summed E-state index contributed by atoms with van der Waals surface area (Å²) in [6.45, 7) is 2.11. The van der Waals surface area contributed by atoms with Crippen LogP contribution in [0, 0.1) is 6.92 Å². The first kappa shape index (κ1) is 10.5.